The molecule has 1 aliphatic rings. The van der Waals surface area contributed by atoms with Gasteiger partial charge in [-0.2, -0.15) is 14.7 Å². The van der Waals surface area contributed by atoms with Crippen LogP contribution in [0.1, 0.15) is 12.1 Å². The lowest BCUT2D eigenvalue weighted by Gasteiger charge is -2.17. The fraction of sp³-hybridized carbons (Fsp3) is 0.375. The minimum Gasteiger partial charge on any atom is -0.480 e. The molecule has 1 aliphatic heterocycles. The van der Waals surface area contributed by atoms with Crippen LogP contribution in [0.2, 0.25) is 0 Å². The number of nitrogens with zero attached hydrogens (tertiary/aromatic N) is 4. The molecule has 0 saturated heterocycles. The molecule has 16 heavy (non-hydrogen) atoms. The number of hydrogen-bond donors (Lipinski definition) is 2. The molecule has 1 aromatic rings. The van der Waals surface area contributed by atoms with Gasteiger partial charge in [0.15, 0.2) is 12.1 Å². The van der Waals surface area contributed by atoms with Crippen molar-refractivity contribution in [2.45, 2.75) is 12.8 Å². The molecule has 1 aromatic heterocycles. The molecule has 1 unspecified atom stereocenters. The van der Waals surface area contributed by atoms with E-state index in [0.717, 1.165) is 4.68 Å². The van der Waals surface area contributed by atoms with Crippen LogP contribution in [0.3, 0.4) is 0 Å². The molecule has 2 heterocycles. The summed E-state index contributed by atoms with van der Waals surface area (Å²) in [6, 6.07) is 0. The Morgan fingerprint density at radius 3 is 2.94 bits per heavy atom. The summed E-state index contributed by atoms with van der Waals surface area (Å²) in [7, 11) is 1.31. The van der Waals surface area contributed by atoms with Crippen molar-refractivity contribution in [1.82, 2.24) is 14.8 Å². The second kappa shape index (κ2) is 3.86. The number of carbonyl (C=O) groups excluding carboxylic acids is 1. The molecule has 0 aromatic carbocycles. The summed E-state index contributed by atoms with van der Waals surface area (Å²) < 4.78 is 5.82. The molecule has 0 spiro atoms. The van der Waals surface area contributed by atoms with Crippen LogP contribution in [0.15, 0.2) is 10.6 Å². The van der Waals surface area contributed by atoms with Crippen molar-refractivity contribution >= 4 is 17.8 Å². The van der Waals surface area contributed by atoms with Gasteiger partial charge in [0.25, 0.3) is 5.95 Å². The standard InChI is InChI=1S/C8H8N4O4/c1-16-6-4(2-13)7(15)12-8(10-6)9-5(3-14)11-12/h7,14-15H,3H2,1H3. The van der Waals surface area contributed by atoms with Crippen LogP contribution in [-0.4, -0.2) is 43.9 Å². The molecule has 2 rings (SSSR count). The zero-order chi connectivity index (χ0) is 11.7. The quantitative estimate of drug-likeness (QED) is 0.574. The number of hydrogen-bond acceptors (Lipinski definition) is 7. The Balaban J connectivity index is 2.58. The average Bonchev–Trinajstić information content (AvgIpc) is 2.72. The van der Waals surface area contributed by atoms with E-state index in [-0.39, 0.29) is 29.9 Å². The summed E-state index contributed by atoms with van der Waals surface area (Å²) in [5.41, 5.74) is -0.163. The van der Waals surface area contributed by atoms with Gasteiger partial charge in [0.1, 0.15) is 18.1 Å². The van der Waals surface area contributed by atoms with E-state index in [1.165, 1.54) is 13.1 Å². The number of rotatable bonds is 1. The number of ether oxygens (including phenoxy) is 1. The Morgan fingerprint density at radius 1 is 1.62 bits per heavy atom. The summed E-state index contributed by atoms with van der Waals surface area (Å²) in [4.78, 5) is 18.3. The molecular formula is C8H8N4O4. The lowest BCUT2D eigenvalue weighted by atomic mass is 10.2. The second-order valence-corrected chi connectivity index (χ2v) is 2.94. The van der Waals surface area contributed by atoms with Crippen LogP contribution < -0.4 is 0 Å². The third kappa shape index (κ3) is 1.41. The summed E-state index contributed by atoms with van der Waals surface area (Å²) in [6.45, 7) is -0.384. The molecular weight excluding hydrogens is 216 g/mol. The maximum absolute atomic E-state index is 10.6. The maximum Gasteiger partial charge on any atom is 0.254 e. The predicted octanol–water partition coefficient (Wildman–Crippen LogP) is -1.29. The van der Waals surface area contributed by atoms with E-state index in [1.54, 1.807) is 0 Å². The Kier molecular flexibility index (Phi) is 2.53. The lowest BCUT2D eigenvalue weighted by Crippen LogP contribution is -2.24. The third-order valence-corrected chi connectivity index (χ3v) is 2.02. The average molecular weight is 224 g/mol. The van der Waals surface area contributed by atoms with Crippen molar-refractivity contribution in [2.24, 2.45) is 4.99 Å². The highest BCUT2D eigenvalue weighted by Crippen LogP contribution is 2.26. The van der Waals surface area contributed by atoms with Crippen molar-refractivity contribution in [1.29, 1.82) is 0 Å². The summed E-state index contributed by atoms with van der Waals surface area (Å²) >= 11 is 0. The number of fused-ring (bicyclic) bond motifs is 1. The first kappa shape index (κ1) is 10.5. The Hall–Kier alpha value is -2.02. The van der Waals surface area contributed by atoms with E-state index in [0.29, 0.717) is 0 Å². The van der Waals surface area contributed by atoms with Crippen molar-refractivity contribution in [3.05, 3.63) is 11.4 Å². The summed E-state index contributed by atoms with van der Waals surface area (Å²) in [5.74, 6) is 1.63. The maximum atomic E-state index is 10.6. The molecule has 1 atom stereocenters. The van der Waals surface area contributed by atoms with Gasteiger partial charge in [0.2, 0.25) is 5.90 Å². The van der Waals surface area contributed by atoms with Gasteiger partial charge in [-0.15, -0.1) is 5.10 Å². The first-order valence-corrected chi connectivity index (χ1v) is 4.33. The van der Waals surface area contributed by atoms with E-state index in [4.69, 9.17) is 9.84 Å². The predicted molar refractivity (Wildman–Crippen MR) is 50.5 cm³/mol. The third-order valence-electron chi connectivity index (χ3n) is 2.02. The first-order valence-electron chi connectivity index (χ1n) is 4.33. The van der Waals surface area contributed by atoms with Crippen molar-refractivity contribution in [3.63, 3.8) is 0 Å². The van der Waals surface area contributed by atoms with Gasteiger partial charge in [-0.1, -0.05) is 0 Å². The van der Waals surface area contributed by atoms with E-state index in [2.05, 4.69) is 15.1 Å². The fourth-order valence-electron chi connectivity index (χ4n) is 1.30. The van der Waals surface area contributed by atoms with Crippen LogP contribution in [0.4, 0.5) is 5.95 Å². The van der Waals surface area contributed by atoms with Gasteiger partial charge in [-0.3, -0.25) is 0 Å². The number of aromatic nitrogens is 3. The summed E-state index contributed by atoms with van der Waals surface area (Å²) in [6.07, 6.45) is -1.35. The Bertz CT molecular complexity index is 500. The van der Waals surface area contributed by atoms with Crippen molar-refractivity contribution in [3.8, 4) is 0 Å². The van der Waals surface area contributed by atoms with Gasteiger partial charge in [-0.05, 0) is 0 Å². The van der Waals surface area contributed by atoms with Gasteiger partial charge < -0.3 is 14.9 Å². The van der Waals surface area contributed by atoms with Gasteiger partial charge >= 0.3 is 0 Å². The SMILES string of the molecule is COC1=Nc2nc(CO)nn2C(O)C1=C=O. The Morgan fingerprint density at radius 2 is 2.38 bits per heavy atom. The largest absolute Gasteiger partial charge is 0.480 e. The molecule has 0 aliphatic carbocycles. The molecule has 8 nitrogen and oxygen atoms in total. The highest BCUT2D eigenvalue weighted by molar-refractivity contribution is 6.03. The zero-order valence-electron chi connectivity index (χ0n) is 8.28. The molecule has 0 saturated carbocycles. The minimum atomic E-state index is -1.35. The molecule has 8 heteroatoms. The first-order chi connectivity index (χ1) is 7.71. The smallest absolute Gasteiger partial charge is 0.254 e. The van der Waals surface area contributed by atoms with Gasteiger partial charge in [-0.25, -0.2) is 4.79 Å². The monoisotopic (exact) mass is 224 g/mol. The van der Waals surface area contributed by atoms with Gasteiger partial charge in [0, 0.05) is 0 Å². The zero-order valence-corrected chi connectivity index (χ0v) is 8.28. The highest BCUT2D eigenvalue weighted by atomic mass is 16.5. The Labute approximate surface area is 89.5 Å². The van der Waals surface area contributed by atoms with Crippen molar-refractivity contribution in [2.75, 3.05) is 7.11 Å². The molecule has 0 amide bonds. The number of aliphatic imine (C=N–C) groups is 1. The van der Waals surface area contributed by atoms with E-state index < -0.39 is 6.23 Å². The normalized spacial score (nSPS) is 18.8. The van der Waals surface area contributed by atoms with Gasteiger partial charge in [0.05, 0.1) is 7.11 Å². The highest BCUT2D eigenvalue weighted by Gasteiger charge is 2.30. The van der Waals surface area contributed by atoms with Crippen LogP contribution >= 0.6 is 0 Å². The number of methoxy groups -OCH3 is 1. The van der Waals surface area contributed by atoms with E-state index >= 15 is 0 Å². The van der Waals surface area contributed by atoms with E-state index in [1.807, 2.05) is 0 Å². The topological polar surface area (TPSA) is 110 Å². The lowest BCUT2D eigenvalue weighted by molar-refractivity contribution is 0.128. The number of aliphatic hydroxyl groups excluding tert-OH is 2. The fourth-order valence-corrected chi connectivity index (χ4v) is 1.30. The van der Waals surface area contributed by atoms with Crippen LogP contribution in [0, 0.1) is 0 Å². The second-order valence-electron chi connectivity index (χ2n) is 2.94. The van der Waals surface area contributed by atoms with Crippen molar-refractivity contribution < 1.29 is 19.7 Å². The summed E-state index contributed by atoms with van der Waals surface area (Å²) in [5, 5.41) is 22.3. The van der Waals surface area contributed by atoms with Crippen LogP contribution in [0.25, 0.3) is 0 Å². The molecule has 2 N–H and O–H groups in total. The molecule has 0 fully saturated rings. The molecule has 0 radical (unpaired) electrons. The van der Waals surface area contributed by atoms with Crippen LogP contribution in [0.5, 0.6) is 0 Å². The van der Waals surface area contributed by atoms with Crippen LogP contribution in [-0.2, 0) is 16.1 Å². The minimum absolute atomic E-state index is 0.0624. The molecule has 84 valence electrons. The molecule has 0 bridgehead atoms. The number of aliphatic hydroxyl groups is 2. The van der Waals surface area contributed by atoms with E-state index in [9.17, 15) is 9.90 Å².